The third kappa shape index (κ3) is 2.73. The number of amides is 1. The number of anilines is 1. The average molecular weight is 302 g/mol. The van der Waals surface area contributed by atoms with E-state index >= 15 is 0 Å². The minimum absolute atomic E-state index is 0.107. The summed E-state index contributed by atoms with van der Waals surface area (Å²) in [7, 11) is 1.41. The lowest BCUT2D eigenvalue weighted by atomic mass is 10.2. The van der Waals surface area contributed by atoms with Gasteiger partial charge in [0.1, 0.15) is 6.54 Å². The third-order valence-electron chi connectivity index (χ3n) is 3.18. The summed E-state index contributed by atoms with van der Waals surface area (Å²) in [5.74, 6) is 1.09. The molecule has 1 aliphatic heterocycles. The number of nitrogens with zero attached hydrogens (tertiary/aromatic N) is 1. The molecule has 7 nitrogen and oxygen atoms in total. The zero-order valence-corrected chi connectivity index (χ0v) is 11.9. The molecule has 1 aromatic carbocycles. The molecule has 0 fully saturated rings. The molecule has 1 aliphatic rings. The first kappa shape index (κ1) is 14.0. The Morgan fingerprint density at radius 2 is 2.14 bits per heavy atom. The van der Waals surface area contributed by atoms with Crippen LogP contribution in [-0.4, -0.2) is 24.4 Å². The van der Waals surface area contributed by atoms with Gasteiger partial charge in [0.05, 0.1) is 7.11 Å². The Hall–Kier alpha value is -2.96. The molecule has 0 radical (unpaired) electrons. The fraction of sp³-hybridized carbons (Fsp3) is 0.200. The van der Waals surface area contributed by atoms with Crippen LogP contribution in [0.25, 0.3) is 0 Å². The van der Waals surface area contributed by atoms with Crippen LogP contribution in [0.5, 0.6) is 17.2 Å². The van der Waals surface area contributed by atoms with E-state index < -0.39 is 0 Å². The van der Waals surface area contributed by atoms with Crippen LogP contribution in [0.15, 0.2) is 41.3 Å². The fourth-order valence-corrected chi connectivity index (χ4v) is 2.12. The molecule has 0 atom stereocenters. The molecular weight excluding hydrogens is 288 g/mol. The van der Waals surface area contributed by atoms with Crippen molar-refractivity contribution in [1.82, 2.24) is 4.57 Å². The van der Waals surface area contributed by atoms with Gasteiger partial charge in [0, 0.05) is 18.0 Å². The van der Waals surface area contributed by atoms with E-state index in [2.05, 4.69) is 5.32 Å². The summed E-state index contributed by atoms with van der Waals surface area (Å²) in [6.45, 7) is 0.0659. The van der Waals surface area contributed by atoms with E-state index in [1.165, 1.54) is 17.9 Å². The predicted octanol–water partition coefficient (Wildman–Crippen LogP) is 1.22. The lowest BCUT2D eigenvalue weighted by molar-refractivity contribution is -0.116. The van der Waals surface area contributed by atoms with Crippen LogP contribution in [0.4, 0.5) is 5.69 Å². The van der Waals surface area contributed by atoms with Crippen molar-refractivity contribution in [3.05, 3.63) is 46.9 Å². The first-order valence-electron chi connectivity index (χ1n) is 6.60. The second-order valence-corrected chi connectivity index (χ2v) is 4.63. The van der Waals surface area contributed by atoms with E-state index in [0.29, 0.717) is 17.2 Å². The molecule has 0 saturated heterocycles. The van der Waals surface area contributed by atoms with Crippen LogP contribution in [-0.2, 0) is 11.3 Å². The first-order chi connectivity index (χ1) is 10.7. The number of rotatable bonds is 4. The Labute approximate surface area is 126 Å². The fourth-order valence-electron chi connectivity index (χ4n) is 2.12. The number of carbonyl (C=O) groups is 1. The normalized spacial score (nSPS) is 12.0. The number of nitrogens with one attached hydrogen (secondary N) is 1. The van der Waals surface area contributed by atoms with E-state index in [1.54, 1.807) is 30.3 Å². The monoisotopic (exact) mass is 302 g/mol. The molecule has 7 heteroatoms. The summed E-state index contributed by atoms with van der Waals surface area (Å²) in [4.78, 5) is 24.0. The molecule has 1 aromatic heterocycles. The number of aromatic nitrogens is 1. The molecule has 3 rings (SSSR count). The van der Waals surface area contributed by atoms with Crippen molar-refractivity contribution in [2.75, 3.05) is 19.2 Å². The molecule has 0 saturated carbocycles. The van der Waals surface area contributed by atoms with Gasteiger partial charge in [-0.1, -0.05) is 0 Å². The van der Waals surface area contributed by atoms with Crippen molar-refractivity contribution in [1.29, 1.82) is 0 Å². The molecule has 22 heavy (non-hydrogen) atoms. The van der Waals surface area contributed by atoms with Gasteiger partial charge in [-0.2, -0.15) is 0 Å². The van der Waals surface area contributed by atoms with Crippen LogP contribution in [0, 0.1) is 0 Å². The lowest BCUT2D eigenvalue weighted by Crippen LogP contribution is -2.27. The number of hydrogen-bond acceptors (Lipinski definition) is 5. The smallest absolute Gasteiger partial charge is 0.293 e. The summed E-state index contributed by atoms with van der Waals surface area (Å²) in [5.41, 5.74) is 0.219. The first-order valence-corrected chi connectivity index (χ1v) is 6.60. The van der Waals surface area contributed by atoms with E-state index in [4.69, 9.17) is 14.2 Å². The standard InChI is InChI=1S/C15H14N2O5/c1-20-12-3-2-6-17(15(12)19)8-14(18)16-10-4-5-11-13(7-10)22-9-21-11/h2-7H,8-9H2,1H3,(H,16,18). The van der Waals surface area contributed by atoms with Gasteiger partial charge in [-0.3, -0.25) is 9.59 Å². The number of carbonyl (C=O) groups excluding carboxylic acids is 1. The van der Waals surface area contributed by atoms with Gasteiger partial charge in [-0.05, 0) is 24.3 Å². The van der Waals surface area contributed by atoms with E-state index in [-0.39, 0.29) is 30.6 Å². The SMILES string of the molecule is COc1cccn(CC(=O)Nc2ccc3c(c2)OCO3)c1=O. The topological polar surface area (TPSA) is 78.8 Å². The maximum atomic E-state index is 12.1. The Balaban J connectivity index is 1.72. The van der Waals surface area contributed by atoms with Crippen molar-refractivity contribution >= 4 is 11.6 Å². The van der Waals surface area contributed by atoms with E-state index in [9.17, 15) is 9.59 Å². The highest BCUT2D eigenvalue weighted by atomic mass is 16.7. The van der Waals surface area contributed by atoms with Crippen LogP contribution < -0.4 is 25.1 Å². The van der Waals surface area contributed by atoms with Crippen LogP contribution in [0.3, 0.4) is 0 Å². The Morgan fingerprint density at radius 3 is 2.95 bits per heavy atom. The number of methoxy groups -OCH3 is 1. The molecular formula is C15H14N2O5. The largest absolute Gasteiger partial charge is 0.491 e. The van der Waals surface area contributed by atoms with Crippen molar-refractivity contribution < 1.29 is 19.0 Å². The molecule has 2 heterocycles. The van der Waals surface area contributed by atoms with Gasteiger partial charge >= 0.3 is 0 Å². The highest BCUT2D eigenvalue weighted by molar-refractivity contribution is 5.91. The Morgan fingerprint density at radius 1 is 1.32 bits per heavy atom. The Kier molecular flexibility index (Phi) is 3.69. The molecule has 2 aromatic rings. The average Bonchev–Trinajstić information content (AvgIpc) is 2.97. The number of ether oxygens (including phenoxy) is 3. The minimum atomic E-state index is -0.356. The quantitative estimate of drug-likeness (QED) is 0.919. The van der Waals surface area contributed by atoms with Crippen molar-refractivity contribution in [2.24, 2.45) is 0 Å². The summed E-state index contributed by atoms with van der Waals surface area (Å²) in [5, 5.41) is 2.71. The zero-order valence-electron chi connectivity index (χ0n) is 11.9. The molecule has 1 amide bonds. The Bertz CT molecular complexity index is 769. The van der Waals surface area contributed by atoms with E-state index in [0.717, 1.165) is 0 Å². The van der Waals surface area contributed by atoms with Crippen LogP contribution >= 0.6 is 0 Å². The number of pyridine rings is 1. The maximum absolute atomic E-state index is 12.1. The summed E-state index contributed by atoms with van der Waals surface area (Å²) in [6.07, 6.45) is 1.53. The highest BCUT2D eigenvalue weighted by Gasteiger charge is 2.14. The van der Waals surface area contributed by atoms with Crippen molar-refractivity contribution in [2.45, 2.75) is 6.54 Å². The van der Waals surface area contributed by atoms with E-state index in [1.807, 2.05) is 0 Å². The van der Waals surface area contributed by atoms with Crippen molar-refractivity contribution in [3.8, 4) is 17.2 Å². The number of fused-ring (bicyclic) bond motifs is 1. The lowest BCUT2D eigenvalue weighted by Gasteiger charge is -2.09. The molecule has 0 spiro atoms. The summed E-state index contributed by atoms with van der Waals surface area (Å²) in [6, 6.07) is 8.30. The number of benzene rings is 1. The van der Waals surface area contributed by atoms with Crippen molar-refractivity contribution in [3.63, 3.8) is 0 Å². The van der Waals surface area contributed by atoms with Crippen LogP contribution in [0.1, 0.15) is 0 Å². The second kappa shape index (κ2) is 5.80. The minimum Gasteiger partial charge on any atom is -0.491 e. The predicted molar refractivity (Wildman–Crippen MR) is 78.4 cm³/mol. The van der Waals surface area contributed by atoms with Gasteiger partial charge in [-0.25, -0.2) is 0 Å². The van der Waals surface area contributed by atoms with Gasteiger partial charge in [0.25, 0.3) is 5.56 Å². The molecule has 114 valence electrons. The third-order valence-corrected chi connectivity index (χ3v) is 3.18. The van der Waals surface area contributed by atoms with Crippen LogP contribution in [0.2, 0.25) is 0 Å². The van der Waals surface area contributed by atoms with Gasteiger partial charge in [0.15, 0.2) is 17.2 Å². The second-order valence-electron chi connectivity index (χ2n) is 4.63. The number of hydrogen-bond donors (Lipinski definition) is 1. The molecule has 1 N–H and O–H groups in total. The highest BCUT2D eigenvalue weighted by Crippen LogP contribution is 2.34. The molecule has 0 aliphatic carbocycles. The van der Waals surface area contributed by atoms with Gasteiger partial charge < -0.3 is 24.1 Å². The van der Waals surface area contributed by atoms with Gasteiger partial charge in [0.2, 0.25) is 12.7 Å². The van der Waals surface area contributed by atoms with Gasteiger partial charge in [-0.15, -0.1) is 0 Å². The summed E-state index contributed by atoms with van der Waals surface area (Å²) < 4.78 is 16.7. The molecule has 0 bridgehead atoms. The summed E-state index contributed by atoms with van der Waals surface area (Å²) >= 11 is 0. The maximum Gasteiger partial charge on any atom is 0.293 e. The zero-order chi connectivity index (χ0) is 15.5. The molecule has 0 unspecified atom stereocenters.